The van der Waals surface area contributed by atoms with Crippen molar-refractivity contribution in [2.24, 2.45) is 5.73 Å². The van der Waals surface area contributed by atoms with Crippen LogP contribution in [0.2, 0.25) is 0 Å². The van der Waals surface area contributed by atoms with Gasteiger partial charge < -0.3 is 5.73 Å². The minimum absolute atomic E-state index is 0.523. The van der Waals surface area contributed by atoms with E-state index in [2.05, 4.69) is 29.3 Å². The molecule has 2 N–H and O–H groups in total. The van der Waals surface area contributed by atoms with Gasteiger partial charge in [0.1, 0.15) is 12.7 Å². The molecule has 14 heavy (non-hydrogen) atoms. The Morgan fingerprint density at radius 1 is 1.29 bits per heavy atom. The fourth-order valence-electron chi connectivity index (χ4n) is 1.45. The third-order valence-corrected chi connectivity index (χ3v) is 2.15. The summed E-state index contributed by atoms with van der Waals surface area (Å²) in [5, 5.41) is 7.54. The maximum atomic E-state index is 5.67. The second-order valence-electron chi connectivity index (χ2n) is 3.21. The van der Waals surface area contributed by atoms with Gasteiger partial charge in [-0.15, -0.1) is 10.2 Å². The molecule has 72 valence electrons. The van der Waals surface area contributed by atoms with Gasteiger partial charge in [0.15, 0.2) is 0 Å². The van der Waals surface area contributed by atoms with E-state index < -0.39 is 0 Å². The first-order chi connectivity index (χ1) is 6.81. The van der Waals surface area contributed by atoms with Gasteiger partial charge in [-0.25, -0.2) is 0 Å². The van der Waals surface area contributed by atoms with Gasteiger partial charge >= 0.3 is 0 Å². The molecule has 4 heteroatoms. The molecular weight excluding hydrogens is 176 g/mol. The first kappa shape index (κ1) is 8.90. The van der Waals surface area contributed by atoms with Crippen LogP contribution < -0.4 is 5.73 Å². The third kappa shape index (κ3) is 1.52. The second kappa shape index (κ2) is 3.59. The van der Waals surface area contributed by atoms with Gasteiger partial charge in [-0.1, -0.05) is 17.7 Å². The lowest BCUT2D eigenvalue weighted by Gasteiger charge is -2.08. The standard InChI is InChI=1S/C10H12N4/c1-8-2-3-10(9(4-8)5-11)14-6-12-13-7-14/h2-4,6-7H,5,11H2,1H3. The van der Waals surface area contributed by atoms with E-state index in [0.29, 0.717) is 6.54 Å². The molecule has 1 aromatic carbocycles. The zero-order valence-electron chi connectivity index (χ0n) is 8.01. The van der Waals surface area contributed by atoms with Gasteiger partial charge in [0.25, 0.3) is 0 Å². The molecule has 0 radical (unpaired) electrons. The van der Waals surface area contributed by atoms with E-state index in [-0.39, 0.29) is 0 Å². The summed E-state index contributed by atoms with van der Waals surface area (Å²) in [6.45, 7) is 2.57. The molecule has 0 saturated heterocycles. The zero-order valence-corrected chi connectivity index (χ0v) is 8.01. The smallest absolute Gasteiger partial charge is 0.123 e. The summed E-state index contributed by atoms with van der Waals surface area (Å²) >= 11 is 0. The van der Waals surface area contributed by atoms with E-state index in [1.165, 1.54) is 5.56 Å². The highest BCUT2D eigenvalue weighted by molar-refractivity contribution is 5.42. The van der Waals surface area contributed by atoms with Crippen molar-refractivity contribution in [2.75, 3.05) is 0 Å². The Hall–Kier alpha value is -1.68. The van der Waals surface area contributed by atoms with Crippen molar-refractivity contribution in [1.29, 1.82) is 0 Å². The molecule has 4 nitrogen and oxygen atoms in total. The van der Waals surface area contributed by atoms with E-state index in [4.69, 9.17) is 5.73 Å². The minimum atomic E-state index is 0.523. The van der Waals surface area contributed by atoms with E-state index in [9.17, 15) is 0 Å². The summed E-state index contributed by atoms with van der Waals surface area (Å²) < 4.78 is 1.86. The van der Waals surface area contributed by atoms with Crippen LogP contribution in [0.5, 0.6) is 0 Å². The van der Waals surface area contributed by atoms with E-state index >= 15 is 0 Å². The summed E-state index contributed by atoms with van der Waals surface area (Å²) in [6.07, 6.45) is 3.34. The number of aryl methyl sites for hydroxylation is 1. The first-order valence-corrected chi connectivity index (χ1v) is 4.46. The van der Waals surface area contributed by atoms with Crippen LogP contribution in [0.1, 0.15) is 11.1 Å². The normalized spacial score (nSPS) is 10.4. The van der Waals surface area contributed by atoms with Crippen LogP contribution in [-0.2, 0) is 6.54 Å². The van der Waals surface area contributed by atoms with Crippen LogP contribution >= 0.6 is 0 Å². The topological polar surface area (TPSA) is 56.7 Å². The van der Waals surface area contributed by atoms with Gasteiger partial charge in [-0.3, -0.25) is 4.57 Å². The van der Waals surface area contributed by atoms with Crippen molar-refractivity contribution in [3.8, 4) is 5.69 Å². The van der Waals surface area contributed by atoms with Crippen LogP contribution in [0.25, 0.3) is 5.69 Å². The number of aromatic nitrogens is 3. The summed E-state index contributed by atoms with van der Waals surface area (Å²) in [4.78, 5) is 0. The van der Waals surface area contributed by atoms with Gasteiger partial charge in [-0.05, 0) is 18.6 Å². The molecule has 0 fully saturated rings. The first-order valence-electron chi connectivity index (χ1n) is 4.46. The molecule has 0 aliphatic heterocycles. The largest absolute Gasteiger partial charge is 0.326 e. The summed E-state index contributed by atoms with van der Waals surface area (Å²) in [7, 11) is 0. The highest BCUT2D eigenvalue weighted by Crippen LogP contribution is 2.15. The third-order valence-electron chi connectivity index (χ3n) is 2.15. The Morgan fingerprint density at radius 2 is 2.00 bits per heavy atom. The molecule has 1 aromatic heterocycles. The number of rotatable bonds is 2. The van der Waals surface area contributed by atoms with Crippen molar-refractivity contribution in [3.63, 3.8) is 0 Å². The Balaban J connectivity index is 2.53. The summed E-state index contributed by atoms with van der Waals surface area (Å²) in [5.41, 5.74) is 9.03. The predicted molar refractivity (Wildman–Crippen MR) is 54.0 cm³/mol. The summed E-state index contributed by atoms with van der Waals surface area (Å²) in [5.74, 6) is 0. The predicted octanol–water partition coefficient (Wildman–Crippen LogP) is 1.03. The van der Waals surface area contributed by atoms with E-state index in [0.717, 1.165) is 11.3 Å². The molecule has 0 atom stereocenters. The number of hydrogen-bond donors (Lipinski definition) is 1. The molecule has 0 aliphatic carbocycles. The Labute approximate surface area is 82.4 Å². The molecule has 0 amide bonds. The molecule has 2 aromatic rings. The van der Waals surface area contributed by atoms with Gasteiger partial charge in [0, 0.05) is 6.54 Å². The van der Waals surface area contributed by atoms with Crippen molar-refractivity contribution < 1.29 is 0 Å². The lowest BCUT2D eigenvalue weighted by Crippen LogP contribution is -2.03. The van der Waals surface area contributed by atoms with E-state index in [1.54, 1.807) is 12.7 Å². The lowest BCUT2D eigenvalue weighted by molar-refractivity contribution is 0.978. The molecule has 0 spiro atoms. The molecular formula is C10H12N4. The second-order valence-corrected chi connectivity index (χ2v) is 3.21. The van der Waals surface area contributed by atoms with Crippen LogP contribution in [0.15, 0.2) is 30.9 Å². The van der Waals surface area contributed by atoms with Crippen molar-refractivity contribution >= 4 is 0 Å². The summed E-state index contributed by atoms with van der Waals surface area (Å²) in [6, 6.07) is 6.16. The van der Waals surface area contributed by atoms with Gasteiger partial charge in [-0.2, -0.15) is 0 Å². The van der Waals surface area contributed by atoms with E-state index in [1.807, 2.05) is 10.6 Å². The fraction of sp³-hybridized carbons (Fsp3) is 0.200. The Bertz CT molecular complexity index is 420. The van der Waals surface area contributed by atoms with Crippen LogP contribution in [0.4, 0.5) is 0 Å². The number of nitrogens with two attached hydrogens (primary N) is 1. The Kier molecular flexibility index (Phi) is 2.28. The zero-order chi connectivity index (χ0) is 9.97. The molecule has 0 unspecified atom stereocenters. The van der Waals surface area contributed by atoms with Crippen LogP contribution in [0.3, 0.4) is 0 Å². The lowest BCUT2D eigenvalue weighted by atomic mass is 10.1. The fourth-order valence-corrected chi connectivity index (χ4v) is 1.45. The maximum absolute atomic E-state index is 5.67. The van der Waals surface area contributed by atoms with Crippen molar-refractivity contribution in [2.45, 2.75) is 13.5 Å². The highest BCUT2D eigenvalue weighted by Gasteiger charge is 2.02. The van der Waals surface area contributed by atoms with Gasteiger partial charge in [0.2, 0.25) is 0 Å². The average Bonchev–Trinajstić information content (AvgIpc) is 2.70. The molecule has 2 rings (SSSR count). The van der Waals surface area contributed by atoms with Gasteiger partial charge in [0.05, 0.1) is 5.69 Å². The SMILES string of the molecule is Cc1ccc(-n2cnnc2)c(CN)c1. The van der Waals surface area contributed by atoms with Crippen LogP contribution in [-0.4, -0.2) is 14.8 Å². The number of hydrogen-bond acceptors (Lipinski definition) is 3. The molecule has 0 saturated carbocycles. The number of nitrogens with zero attached hydrogens (tertiary/aromatic N) is 3. The van der Waals surface area contributed by atoms with Crippen LogP contribution in [0, 0.1) is 6.92 Å². The van der Waals surface area contributed by atoms with Crippen molar-refractivity contribution in [1.82, 2.24) is 14.8 Å². The molecule has 0 aliphatic rings. The van der Waals surface area contributed by atoms with Crippen molar-refractivity contribution in [3.05, 3.63) is 42.0 Å². The average molecular weight is 188 g/mol. The number of benzene rings is 1. The maximum Gasteiger partial charge on any atom is 0.123 e. The minimum Gasteiger partial charge on any atom is -0.326 e. The highest BCUT2D eigenvalue weighted by atomic mass is 15.2. The monoisotopic (exact) mass is 188 g/mol. The molecule has 1 heterocycles. The Morgan fingerprint density at radius 3 is 2.64 bits per heavy atom. The quantitative estimate of drug-likeness (QED) is 0.766. The molecule has 0 bridgehead atoms.